The highest BCUT2D eigenvalue weighted by Gasteiger charge is 2.44. The van der Waals surface area contributed by atoms with Crippen molar-refractivity contribution in [3.63, 3.8) is 0 Å². The van der Waals surface area contributed by atoms with Crippen molar-refractivity contribution in [1.82, 2.24) is 10.2 Å². The number of alkyl halides is 3. The number of piperazine rings is 1. The van der Waals surface area contributed by atoms with E-state index in [0.717, 1.165) is 4.90 Å². The largest absolute Gasteiger partial charge is 0.471 e. The van der Waals surface area contributed by atoms with E-state index in [0.29, 0.717) is 11.1 Å². The number of esters is 1. The lowest BCUT2D eigenvalue weighted by Gasteiger charge is -2.38. The maximum Gasteiger partial charge on any atom is 0.471 e. The molecule has 130 valence electrons. The number of amides is 1. The van der Waals surface area contributed by atoms with Crippen LogP contribution in [0, 0.1) is 6.92 Å². The quantitative estimate of drug-likeness (QED) is 0.793. The molecule has 0 radical (unpaired) electrons. The summed E-state index contributed by atoms with van der Waals surface area (Å²) in [4.78, 5) is 24.1. The number of hydrogen-bond donors (Lipinski definition) is 1. The van der Waals surface area contributed by atoms with Gasteiger partial charge in [0.15, 0.2) is 0 Å². The Kier molecular flexibility index (Phi) is 3.43. The lowest BCUT2D eigenvalue weighted by atomic mass is 9.92. The summed E-state index contributed by atoms with van der Waals surface area (Å²) in [6.45, 7) is 0.665. The number of benzene rings is 1. The molecule has 1 saturated heterocycles. The highest BCUT2D eigenvalue weighted by atomic mass is 19.4. The minimum Gasteiger partial charge on any atom is -0.457 e. The molecule has 2 aliphatic heterocycles. The summed E-state index contributed by atoms with van der Waals surface area (Å²) < 4.78 is 58.8. The van der Waals surface area contributed by atoms with E-state index in [4.69, 9.17) is 7.48 Å². The van der Waals surface area contributed by atoms with Crippen molar-refractivity contribution in [3.05, 3.63) is 34.4 Å². The van der Waals surface area contributed by atoms with Crippen LogP contribution in [0.4, 0.5) is 13.2 Å². The second kappa shape index (κ2) is 5.77. The van der Waals surface area contributed by atoms with Crippen LogP contribution in [0.2, 0.25) is 0 Å². The number of halogens is 3. The molecular formula is C16H17F3N2O3. The Hall–Kier alpha value is -2.09. The van der Waals surface area contributed by atoms with Crippen LogP contribution in [0.15, 0.2) is 12.1 Å². The van der Waals surface area contributed by atoms with Gasteiger partial charge in [-0.25, -0.2) is 4.79 Å². The number of carbonyl (C=O) groups is 2. The van der Waals surface area contributed by atoms with Crippen LogP contribution in [-0.2, 0) is 16.1 Å². The molecule has 1 aromatic rings. The van der Waals surface area contributed by atoms with E-state index < -0.39 is 30.7 Å². The number of fused-ring (bicyclic) bond motifs is 1. The summed E-state index contributed by atoms with van der Waals surface area (Å²) in [6, 6.07) is 1.95. The number of ether oxygens (including phenoxy) is 1. The molecule has 1 aromatic carbocycles. The van der Waals surface area contributed by atoms with Crippen LogP contribution in [0.5, 0.6) is 0 Å². The van der Waals surface area contributed by atoms with Gasteiger partial charge in [0.1, 0.15) is 6.56 Å². The van der Waals surface area contributed by atoms with Gasteiger partial charge >= 0.3 is 18.1 Å². The Morgan fingerprint density at radius 1 is 1.42 bits per heavy atom. The fourth-order valence-electron chi connectivity index (χ4n) is 3.17. The standard InChI is InChI=1S/C16H17F3N2O3/c1-8-5-21(15(23)16(17,18)19)6-13(20-8)10-3-4-11-12(9(10)2)7-24-14(11)22/h3-4,8,13,20H,5-7H2,1-2H3/t8-,13-/m0/s1/i7D2. The number of nitrogens with zero attached hydrogens (tertiary/aromatic N) is 1. The van der Waals surface area contributed by atoms with E-state index in [2.05, 4.69) is 5.32 Å². The van der Waals surface area contributed by atoms with Gasteiger partial charge in [0.05, 0.1) is 14.3 Å². The monoisotopic (exact) mass is 344 g/mol. The van der Waals surface area contributed by atoms with E-state index in [1.807, 2.05) is 0 Å². The zero-order chi connectivity index (χ0) is 19.4. The second-order valence-electron chi connectivity index (χ2n) is 6.02. The molecule has 8 heteroatoms. The van der Waals surface area contributed by atoms with E-state index in [1.165, 1.54) is 6.07 Å². The molecule has 2 aliphatic rings. The molecule has 0 bridgehead atoms. The van der Waals surface area contributed by atoms with Gasteiger partial charge in [0.25, 0.3) is 0 Å². The van der Waals surface area contributed by atoms with Crippen LogP contribution in [0.3, 0.4) is 0 Å². The summed E-state index contributed by atoms with van der Waals surface area (Å²) in [6.07, 6.45) is -4.95. The molecule has 3 rings (SSSR count). The van der Waals surface area contributed by atoms with Gasteiger partial charge in [-0.15, -0.1) is 0 Å². The Bertz CT molecular complexity index is 783. The van der Waals surface area contributed by atoms with Crippen LogP contribution < -0.4 is 5.32 Å². The van der Waals surface area contributed by atoms with Gasteiger partial charge in [-0.2, -0.15) is 13.2 Å². The summed E-state index contributed by atoms with van der Waals surface area (Å²) >= 11 is 0. The Morgan fingerprint density at radius 2 is 2.12 bits per heavy atom. The Labute approximate surface area is 139 Å². The molecule has 0 aliphatic carbocycles. The highest BCUT2D eigenvalue weighted by Crippen LogP contribution is 2.31. The molecule has 1 N–H and O–H groups in total. The van der Waals surface area contributed by atoms with Gasteiger partial charge in [-0.05, 0) is 31.0 Å². The van der Waals surface area contributed by atoms with Gasteiger partial charge in [0, 0.05) is 24.7 Å². The molecule has 2 atom stereocenters. The first-order valence-corrected chi connectivity index (χ1v) is 7.41. The van der Waals surface area contributed by atoms with E-state index >= 15 is 0 Å². The average molecular weight is 344 g/mol. The summed E-state index contributed by atoms with van der Waals surface area (Å²) in [5.41, 5.74) is 1.12. The minimum absolute atomic E-state index is 0.0775. The first kappa shape index (κ1) is 14.3. The maximum atomic E-state index is 12.8. The van der Waals surface area contributed by atoms with Crippen molar-refractivity contribution in [3.8, 4) is 0 Å². The van der Waals surface area contributed by atoms with Crippen molar-refractivity contribution in [2.75, 3.05) is 13.1 Å². The third kappa shape index (κ3) is 2.86. The lowest BCUT2D eigenvalue weighted by Crippen LogP contribution is -2.55. The zero-order valence-electron chi connectivity index (χ0n) is 15.0. The molecule has 0 aromatic heterocycles. The van der Waals surface area contributed by atoms with E-state index in [1.54, 1.807) is 19.9 Å². The smallest absolute Gasteiger partial charge is 0.457 e. The number of cyclic esters (lactones) is 1. The zero-order valence-corrected chi connectivity index (χ0v) is 13.0. The highest BCUT2D eigenvalue weighted by molar-refractivity contribution is 5.94. The molecule has 0 spiro atoms. The summed E-state index contributed by atoms with van der Waals surface area (Å²) in [5.74, 6) is -2.68. The molecule has 1 amide bonds. The fourth-order valence-corrected chi connectivity index (χ4v) is 3.17. The van der Waals surface area contributed by atoms with E-state index in [9.17, 15) is 22.8 Å². The molecule has 5 nitrogen and oxygen atoms in total. The molecule has 0 unspecified atom stereocenters. The van der Waals surface area contributed by atoms with Gasteiger partial charge < -0.3 is 15.0 Å². The molecule has 0 saturated carbocycles. The van der Waals surface area contributed by atoms with Gasteiger partial charge in [0.2, 0.25) is 0 Å². The molecular weight excluding hydrogens is 325 g/mol. The third-order valence-electron chi connectivity index (χ3n) is 4.26. The van der Waals surface area contributed by atoms with E-state index in [-0.39, 0.29) is 30.3 Å². The van der Waals surface area contributed by atoms with Crippen molar-refractivity contribution >= 4 is 11.9 Å². The number of carbonyl (C=O) groups excluding carboxylic acids is 2. The Morgan fingerprint density at radius 3 is 2.79 bits per heavy atom. The van der Waals surface area contributed by atoms with Crippen LogP contribution in [0.1, 0.15) is 42.8 Å². The van der Waals surface area contributed by atoms with Crippen LogP contribution in [-0.4, -0.2) is 42.1 Å². The first-order chi connectivity index (χ1) is 11.9. The average Bonchev–Trinajstić information content (AvgIpc) is 2.75. The van der Waals surface area contributed by atoms with Gasteiger partial charge in [-0.3, -0.25) is 4.79 Å². The lowest BCUT2D eigenvalue weighted by molar-refractivity contribution is -0.187. The van der Waals surface area contributed by atoms with Gasteiger partial charge in [-0.1, -0.05) is 6.07 Å². The number of nitrogens with one attached hydrogen (secondary N) is 1. The first-order valence-electron chi connectivity index (χ1n) is 8.41. The van der Waals surface area contributed by atoms with Crippen LogP contribution >= 0.6 is 0 Å². The van der Waals surface area contributed by atoms with Crippen LogP contribution in [0.25, 0.3) is 0 Å². The number of rotatable bonds is 1. The predicted octanol–water partition coefficient (Wildman–Crippen LogP) is 2.09. The minimum atomic E-state index is -4.95. The predicted molar refractivity (Wildman–Crippen MR) is 78.3 cm³/mol. The van der Waals surface area contributed by atoms with Crippen molar-refractivity contribution in [1.29, 1.82) is 0 Å². The van der Waals surface area contributed by atoms with Crippen molar-refractivity contribution in [2.45, 2.75) is 38.7 Å². The SMILES string of the molecule is [2H]C1([2H])OC(=O)c2ccc([C@@H]3CN(C(=O)C(F)(F)F)C[C@H](C)N3)c(C)c21. The number of hydrogen-bond acceptors (Lipinski definition) is 4. The maximum absolute atomic E-state index is 12.8. The molecule has 1 fully saturated rings. The summed E-state index contributed by atoms with van der Waals surface area (Å²) in [5, 5.41) is 3.13. The summed E-state index contributed by atoms with van der Waals surface area (Å²) in [7, 11) is 0. The Balaban J connectivity index is 1.97. The fraction of sp³-hybridized carbons (Fsp3) is 0.500. The normalized spacial score (nSPS) is 27.2. The van der Waals surface area contributed by atoms with Crippen molar-refractivity contribution in [2.24, 2.45) is 0 Å². The van der Waals surface area contributed by atoms with Crippen molar-refractivity contribution < 1.29 is 30.2 Å². The molecule has 24 heavy (non-hydrogen) atoms. The topological polar surface area (TPSA) is 58.6 Å². The second-order valence-corrected chi connectivity index (χ2v) is 6.02. The molecule has 2 heterocycles. The third-order valence-corrected chi connectivity index (χ3v) is 4.26.